The van der Waals surface area contributed by atoms with Gasteiger partial charge in [0, 0.05) is 22.3 Å². The summed E-state index contributed by atoms with van der Waals surface area (Å²) in [6.45, 7) is 5.39. The topological polar surface area (TPSA) is 122 Å². The van der Waals surface area contributed by atoms with Crippen LogP contribution in [0.3, 0.4) is 0 Å². The van der Waals surface area contributed by atoms with Gasteiger partial charge < -0.3 is 43.1 Å². The Hall–Kier alpha value is -3.82. The second kappa shape index (κ2) is 10.4. The van der Waals surface area contributed by atoms with E-state index < -0.39 is 11.9 Å². The highest BCUT2D eigenvalue weighted by molar-refractivity contribution is 6.09. The first-order chi connectivity index (χ1) is 16.4. The fraction of sp³-hybridized carbons (Fsp3) is 0.417. The van der Waals surface area contributed by atoms with Gasteiger partial charge in [-0.05, 0) is 26.3 Å². The number of benzene rings is 2. The van der Waals surface area contributed by atoms with Crippen molar-refractivity contribution in [1.82, 2.24) is 0 Å². The molecular weight excluding hydrogens is 448 g/mol. The van der Waals surface area contributed by atoms with Crippen molar-refractivity contribution in [2.24, 2.45) is 0 Å². The maximum atomic E-state index is 13.3. The number of carboxylic acids is 1. The number of hydrogen-bond acceptors (Lipinski definition) is 10. The largest absolute Gasteiger partial charge is 0.545 e. The van der Waals surface area contributed by atoms with Gasteiger partial charge in [0.1, 0.15) is 0 Å². The zero-order chi connectivity index (χ0) is 25.0. The zero-order valence-electron chi connectivity index (χ0n) is 20.0. The van der Waals surface area contributed by atoms with E-state index in [9.17, 15) is 14.7 Å². The number of aromatic carboxylic acids is 1. The molecular formula is C24H27O10-. The molecule has 1 aliphatic rings. The molecule has 0 aliphatic carbocycles. The Morgan fingerprint density at radius 2 is 1.65 bits per heavy atom. The predicted octanol–water partition coefficient (Wildman–Crippen LogP) is 2.75. The van der Waals surface area contributed by atoms with Crippen LogP contribution in [0.15, 0.2) is 6.07 Å². The van der Waals surface area contributed by atoms with Gasteiger partial charge in [-0.3, -0.25) is 0 Å². The fourth-order valence-corrected chi connectivity index (χ4v) is 3.87. The number of carboxylic acid groups (broad SMARTS) is 1. The quantitative estimate of drug-likeness (QED) is 0.474. The first-order valence-corrected chi connectivity index (χ1v) is 10.7. The molecule has 0 N–H and O–H groups in total. The van der Waals surface area contributed by atoms with Crippen molar-refractivity contribution in [2.45, 2.75) is 27.2 Å². The summed E-state index contributed by atoms with van der Waals surface area (Å²) in [6.07, 6.45) is 0.588. The van der Waals surface area contributed by atoms with Gasteiger partial charge in [-0.1, -0.05) is 6.92 Å². The third kappa shape index (κ3) is 4.11. The van der Waals surface area contributed by atoms with Gasteiger partial charge in [0.05, 0.1) is 46.1 Å². The van der Waals surface area contributed by atoms with E-state index in [2.05, 4.69) is 0 Å². The Kier molecular flexibility index (Phi) is 7.60. The highest BCUT2D eigenvalue weighted by Crippen LogP contribution is 2.56. The molecule has 1 aliphatic heterocycles. The Labute approximate surface area is 197 Å². The molecule has 0 radical (unpaired) electrons. The number of methoxy groups -OCH3 is 3. The van der Waals surface area contributed by atoms with Crippen molar-refractivity contribution in [2.75, 3.05) is 41.3 Å². The normalized spacial score (nSPS) is 11.7. The molecule has 184 valence electrons. The number of carbonyl (C=O) groups excluding carboxylic acids is 2. The Balaban J connectivity index is 2.56. The molecule has 0 amide bonds. The van der Waals surface area contributed by atoms with Crippen LogP contribution < -0.4 is 33.5 Å². The summed E-state index contributed by atoms with van der Waals surface area (Å²) in [5, 5.41) is 12.3. The molecule has 10 nitrogen and oxygen atoms in total. The molecule has 0 fully saturated rings. The Bertz CT molecular complexity index is 1110. The van der Waals surface area contributed by atoms with Crippen molar-refractivity contribution in [1.29, 1.82) is 0 Å². The Morgan fingerprint density at radius 3 is 2.21 bits per heavy atom. The van der Waals surface area contributed by atoms with E-state index in [1.807, 2.05) is 6.92 Å². The van der Waals surface area contributed by atoms with Crippen molar-refractivity contribution >= 4 is 11.9 Å². The smallest absolute Gasteiger partial charge is 0.339 e. The molecule has 3 rings (SSSR count). The van der Waals surface area contributed by atoms with E-state index >= 15 is 0 Å². The molecule has 1 heterocycles. The van der Waals surface area contributed by atoms with Crippen LogP contribution in [0.25, 0.3) is 11.1 Å². The Morgan fingerprint density at radius 1 is 0.971 bits per heavy atom. The monoisotopic (exact) mass is 475 g/mol. The summed E-state index contributed by atoms with van der Waals surface area (Å²) in [5.41, 5.74) is 0.232. The van der Waals surface area contributed by atoms with Crippen LogP contribution in [-0.4, -0.2) is 53.3 Å². The van der Waals surface area contributed by atoms with Crippen LogP contribution in [0.1, 0.15) is 46.5 Å². The lowest BCUT2D eigenvalue weighted by molar-refractivity contribution is -0.255. The number of esters is 1. The summed E-state index contributed by atoms with van der Waals surface area (Å²) < 4.78 is 38.9. The number of carbonyl (C=O) groups is 2. The maximum absolute atomic E-state index is 13.3. The van der Waals surface area contributed by atoms with Crippen LogP contribution in [0.2, 0.25) is 0 Å². The zero-order valence-corrected chi connectivity index (χ0v) is 20.0. The van der Waals surface area contributed by atoms with Gasteiger partial charge in [0.2, 0.25) is 18.3 Å². The first-order valence-electron chi connectivity index (χ1n) is 10.7. The molecule has 0 aromatic heterocycles. The second-order valence-corrected chi connectivity index (χ2v) is 7.19. The molecule has 10 heteroatoms. The minimum Gasteiger partial charge on any atom is -0.545 e. The second-order valence-electron chi connectivity index (χ2n) is 7.19. The molecule has 0 saturated carbocycles. The van der Waals surface area contributed by atoms with E-state index in [0.29, 0.717) is 12.0 Å². The van der Waals surface area contributed by atoms with Crippen LogP contribution in [0.4, 0.5) is 0 Å². The summed E-state index contributed by atoms with van der Waals surface area (Å²) >= 11 is 0. The lowest BCUT2D eigenvalue weighted by atomic mass is 9.89. The number of ether oxygens (including phenoxy) is 7. The van der Waals surface area contributed by atoms with E-state index in [0.717, 1.165) is 0 Å². The molecule has 0 bridgehead atoms. The van der Waals surface area contributed by atoms with Crippen LogP contribution in [-0.2, 0) is 4.74 Å². The first kappa shape index (κ1) is 24.8. The van der Waals surface area contributed by atoms with Crippen molar-refractivity contribution in [3.05, 3.63) is 22.8 Å². The minimum atomic E-state index is -1.52. The van der Waals surface area contributed by atoms with Gasteiger partial charge in [-0.15, -0.1) is 0 Å². The molecule has 34 heavy (non-hydrogen) atoms. The molecule has 2 aromatic rings. The summed E-state index contributed by atoms with van der Waals surface area (Å²) in [5.74, 6) is -1.31. The van der Waals surface area contributed by atoms with E-state index in [4.69, 9.17) is 33.2 Å². The summed E-state index contributed by atoms with van der Waals surface area (Å²) in [7, 11) is 4.21. The van der Waals surface area contributed by atoms with Crippen LogP contribution in [0.5, 0.6) is 34.5 Å². The highest BCUT2D eigenvalue weighted by Gasteiger charge is 2.36. The van der Waals surface area contributed by atoms with Crippen molar-refractivity contribution in [3.8, 4) is 45.6 Å². The van der Waals surface area contributed by atoms with Gasteiger partial charge in [-0.25, -0.2) is 4.79 Å². The fourth-order valence-electron chi connectivity index (χ4n) is 3.87. The van der Waals surface area contributed by atoms with Gasteiger partial charge >= 0.3 is 5.97 Å². The average Bonchev–Trinajstić information content (AvgIpc) is 3.31. The van der Waals surface area contributed by atoms with E-state index in [1.54, 1.807) is 13.8 Å². The molecule has 0 spiro atoms. The number of fused-ring (bicyclic) bond motifs is 1. The number of hydrogen-bond donors (Lipinski definition) is 0. The van der Waals surface area contributed by atoms with E-state index in [1.165, 1.54) is 27.4 Å². The maximum Gasteiger partial charge on any atom is 0.339 e. The van der Waals surface area contributed by atoms with Crippen molar-refractivity contribution < 1.29 is 47.9 Å². The standard InChI is InChI=1S/C24H28O10/c1-7-9-32-24(27)15-12(3)18(29-5)22(30-6)21(31-8-2)17(15)16-13(23(25)26)10-14(28-4)19-20(16)34-11-33-19/h10H,7-9,11H2,1-6H3,(H,25,26)/p-1. The third-order valence-corrected chi connectivity index (χ3v) is 5.24. The average molecular weight is 475 g/mol. The summed E-state index contributed by atoms with van der Waals surface area (Å²) in [4.78, 5) is 25.6. The van der Waals surface area contributed by atoms with Crippen LogP contribution in [0, 0.1) is 6.92 Å². The van der Waals surface area contributed by atoms with Gasteiger partial charge in [0.25, 0.3) is 0 Å². The molecule has 2 aromatic carbocycles. The molecule has 0 atom stereocenters. The third-order valence-electron chi connectivity index (χ3n) is 5.24. The lowest BCUT2D eigenvalue weighted by Crippen LogP contribution is -2.24. The lowest BCUT2D eigenvalue weighted by Gasteiger charge is -2.25. The highest BCUT2D eigenvalue weighted by atomic mass is 16.7. The molecule has 0 saturated heterocycles. The van der Waals surface area contributed by atoms with Gasteiger partial charge in [-0.2, -0.15) is 0 Å². The van der Waals surface area contributed by atoms with Crippen molar-refractivity contribution in [3.63, 3.8) is 0 Å². The predicted molar refractivity (Wildman–Crippen MR) is 118 cm³/mol. The SMILES string of the molecule is CCCOC(=O)c1c(C)c(OC)c(OC)c(OCC)c1-c1c(C(=O)[O-])cc(OC)c2c1OCO2. The minimum absolute atomic E-state index is 0.0178. The van der Waals surface area contributed by atoms with E-state index in [-0.39, 0.29) is 76.8 Å². The van der Waals surface area contributed by atoms with Gasteiger partial charge in [0.15, 0.2) is 23.0 Å². The van der Waals surface area contributed by atoms with Crippen LogP contribution >= 0.6 is 0 Å². The summed E-state index contributed by atoms with van der Waals surface area (Å²) in [6, 6.07) is 1.25. The molecule has 0 unspecified atom stereocenters. The number of rotatable bonds is 10.